The molecule has 5 heteroatoms. The van der Waals surface area contributed by atoms with Crippen molar-refractivity contribution < 1.29 is 0 Å². The van der Waals surface area contributed by atoms with Crippen molar-refractivity contribution in [2.45, 2.75) is 12.5 Å². The molecule has 1 unspecified atom stereocenters. The van der Waals surface area contributed by atoms with E-state index in [4.69, 9.17) is 0 Å². The third-order valence-electron chi connectivity index (χ3n) is 3.53. The molecule has 3 rings (SSSR count). The molecular formula is C16H19N5. The van der Waals surface area contributed by atoms with Crippen LogP contribution in [-0.4, -0.2) is 26.6 Å². The molecule has 1 N–H and O–H groups in total. The van der Waals surface area contributed by atoms with Gasteiger partial charge in [0.25, 0.3) is 0 Å². The maximum atomic E-state index is 4.68. The number of hydrogen-bond acceptors (Lipinski definition) is 3. The second-order valence-electron chi connectivity index (χ2n) is 5.09. The van der Waals surface area contributed by atoms with Gasteiger partial charge in [0.2, 0.25) is 0 Å². The molecule has 0 amide bonds. The van der Waals surface area contributed by atoms with E-state index in [-0.39, 0.29) is 6.04 Å². The van der Waals surface area contributed by atoms with Gasteiger partial charge in [-0.25, -0.2) is 4.68 Å². The third-order valence-corrected chi connectivity index (χ3v) is 3.53. The average Bonchev–Trinajstić information content (AvgIpc) is 3.15. The lowest BCUT2D eigenvalue weighted by Gasteiger charge is -2.12. The first-order valence-electron chi connectivity index (χ1n) is 7.02. The monoisotopic (exact) mass is 281 g/mol. The molecule has 0 radical (unpaired) electrons. The summed E-state index contributed by atoms with van der Waals surface area (Å²) in [7, 11) is 3.89. The van der Waals surface area contributed by atoms with Gasteiger partial charge in [0.15, 0.2) is 0 Å². The van der Waals surface area contributed by atoms with Gasteiger partial charge in [0.1, 0.15) is 0 Å². The SMILES string of the molecule is CNC(Cc1cnn(C)c1)c1ccn(-c2ccccc2)n1. The van der Waals surface area contributed by atoms with Gasteiger partial charge in [0.05, 0.1) is 23.6 Å². The van der Waals surface area contributed by atoms with E-state index in [0.717, 1.165) is 17.8 Å². The molecule has 0 aliphatic rings. The van der Waals surface area contributed by atoms with Crippen LogP contribution in [-0.2, 0) is 13.5 Å². The molecule has 2 aromatic heterocycles. The van der Waals surface area contributed by atoms with Gasteiger partial charge in [-0.1, -0.05) is 18.2 Å². The molecule has 0 fully saturated rings. The Balaban J connectivity index is 1.80. The molecule has 0 aliphatic carbocycles. The second kappa shape index (κ2) is 5.93. The van der Waals surface area contributed by atoms with E-state index in [1.165, 1.54) is 5.56 Å². The van der Waals surface area contributed by atoms with Crippen molar-refractivity contribution in [1.82, 2.24) is 24.9 Å². The number of nitrogens with one attached hydrogen (secondary N) is 1. The van der Waals surface area contributed by atoms with E-state index < -0.39 is 0 Å². The Morgan fingerprint density at radius 3 is 2.67 bits per heavy atom. The van der Waals surface area contributed by atoms with Gasteiger partial charge in [-0.05, 0) is 37.2 Å². The molecule has 3 aromatic rings. The number of para-hydroxylation sites is 1. The Kier molecular flexibility index (Phi) is 3.83. The van der Waals surface area contributed by atoms with Crippen LogP contribution >= 0.6 is 0 Å². The van der Waals surface area contributed by atoms with Crippen LogP contribution in [0, 0.1) is 0 Å². The Labute approximate surface area is 124 Å². The van der Waals surface area contributed by atoms with E-state index in [1.54, 1.807) is 0 Å². The highest BCUT2D eigenvalue weighted by molar-refractivity contribution is 5.30. The fourth-order valence-electron chi connectivity index (χ4n) is 2.42. The average molecular weight is 281 g/mol. The van der Waals surface area contributed by atoms with Crippen molar-refractivity contribution in [3.05, 3.63) is 66.2 Å². The number of aromatic nitrogens is 4. The number of likely N-dealkylation sites (N-methyl/N-ethyl adjacent to an activating group) is 1. The standard InChI is InChI=1S/C16H19N5/c1-17-16(10-13-11-18-20(2)12-13)15-8-9-21(19-15)14-6-4-3-5-7-14/h3-9,11-12,16-17H,10H2,1-2H3. The number of hydrogen-bond donors (Lipinski definition) is 1. The number of rotatable bonds is 5. The summed E-state index contributed by atoms with van der Waals surface area (Å²) in [5.74, 6) is 0. The second-order valence-corrected chi connectivity index (χ2v) is 5.09. The van der Waals surface area contributed by atoms with E-state index >= 15 is 0 Å². The topological polar surface area (TPSA) is 47.7 Å². The summed E-state index contributed by atoms with van der Waals surface area (Å²) in [6.07, 6.45) is 6.81. The molecule has 1 atom stereocenters. The van der Waals surface area contributed by atoms with E-state index in [1.807, 2.05) is 72.4 Å². The van der Waals surface area contributed by atoms with Crippen LogP contribution in [0.3, 0.4) is 0 Å². The number of aryl methyl sites for hydroxylation is 1. The van der Waals surface area contributed by atoms with Crippen molar-refractivity contribution in [1.29, 1.82) is 0 Å². The maximum absolute atomic E-state index is 4.68. The lowest BCUT2D eigenvalue weighted by Crippen LogP contribution is -2.19. The highest BCUT2D eigenvalue weighted by Gasteiger charge is 2.14. The van der Waals surface area contributed by atoms with Crippen LogP contribution in [0.2, 0.25) is 0 Å². The summed E-state index contributed by atoms with van der Waals surface area (Å²) in [5.41, 5.74) is 3.30. The first-order chi connectivity index (χ1) is 10.3. The maximum Gasteiger partial charge on any atom is 0.0801 e. The summed E-state index contributed by atoms with van der Waals surface area (Å²) in [4.78, 5) is 0. The number of nitrogens with zero attached hydrogens (tertiary/aromatic N) is 4. The minimum atomic E-state index is 0.180. The zero-order chi connectivity index (χ0) is 14.7. The van der Waals surface area contributed by atoms with Crippen LogP contribution < -0.4 is 5.32 Å². The summed E-state index contributed by atoms with van der Waals surface area (Å²) in [6.45, 7) is 0. The van der Waals surface area contributed by atoms with E-state index in [2.05, 4.69) is 21.6 Å². The molecule has 5 nitrogen and oxygen atoms in total. The quantitative estimate of drug-likeness (QED) is 0.779. The molecule has 0 spiro atoms. The van der Waals surface area contributed by atoms with Crippen LogP contribution in [0.15, 0.2) is 55.0 Å². The summed E-state index contributed by atoms with van der Waals surface area (Å²) in [5, 5.41) is 12.2. The largest absolute Gasteiger partial charge is 0.311 e. The van der Waals surface area contributed by atoms with Gasteiger partial charge in [-0.15, -0.1) is 0 Å². The van der Waals surface area contributed by atoms with Crippen LogP contribution in [0.4, 0.5) is 0 Å². The highest BCUT2D eigenvalue weighted by Crippen LogP contribution is 2.17. The van der Waals surface area contributed by atoms with Crippen molar-refractivity contribution in [2.24, 2.45) is 7.05 Å². The fraction of sp³-hybridized carbons (Fsp3) is 0.250. The summed E-state index contributed by atoms with van der Waals surface area (Å²) in [6, 6.07) is 12.4. The smallest absolute Gasteiger partial charge is 0.0801 e. The van der Waals surface area contributed by atoms with Crippen molar-refractivity contribution in [2.75, 3.05) is 7.05 Å². The first-order valence-corrected chi connectivity index (χ1v) is 7.02. The lowest BCUT2D eigenvalue weighted by molar-refractivity contribution is 0.568. The normalized spacial score (nSPS) is 12.5. The molecule has 1 aromatic carbocycles. The Morgan fingerprint density at radius 2 is 2.00 bits per heavy atom. The van der Waals surface area contributed by atoms with Gasteiger partial charge in [0, 0.05) is 19.4 Å². The Morgan fingerprint density at radius 1 is 1.19 bits per heavy atom. The van der Waals surface area contributed by atoms with Gasteiger partial charge in [-0.3, -0.25) is 4.68 Å². The van der Waals surface area contributed by atoms with Crippen molar-refractivity contribution in [3.63, 3.8) is 0 Å². The van der Waals surface area contributed by atoms with Crippen molar-refractivity contribution >= 4 is 0 Å². The van der Waals surface area contributed by atoms with Crippen LogP contribution in [0.5, 0.6) is 0 Å². The molecule has 0 saturated carbocycles. The molecule has 0 bridgehead atoms. The minimum absolute atomic E-state index is 0.180. The fourth-order valence-corrected chi connectivity index (χ4v) is 2.42. The molecule has 2 heterocycles. The molecule has 0 aliphatic heterocycles. The first kappa shape index (κ1) is 13.6. The molecule has 21 heavy (non-hydrogen) atoms. The van der Waals surface area contributed by atoms with Gasteiger partial charge in [-0.2, -0.15) is 10.2 Å². The summed E-state index contributed by atoms with van der Waals surface area (Å²) >= 11 is 0. The lowest BCUT2D eigenvalue weighted by atomic mass is 10.1. The van der Waals surface area contributed by atoms with Crippen LogP contribution in [0.25, 0.3) is 5.69 Å². The van der Waals surface area contributed by atoms with E-state index in [0.29, 0.717) is 0 Å². The Hall–Kier alpha value is -2.40. The predicted molar refractivity (Wildman–Crippen MR) is 82.3 cm³/mol. The zero-order valence-electron chi connectivity index (χ0n) is 12.3. The van der Waals surface area contributed by atoms with Gasteiger partial charge < -0.3 is 5.32 Å². The van der Waals surface area contributed by atoms with Gasteiger partial charge >= 0.3 is 0 Å². The number of benzene rings is 1. The molecule has 0 saturated heterocycles. The molecular weight excluding hydrogens is 262 g/mol. The molecule has 108 valence electrons. The third kappa shape index (κ3) is 3.03. The van der Waals surface area contributed by atoms with Crippen molar-refractivity contribution in [3.8, 4) is 5.69 Å². The van der Waals surface area contributed by atoms with Crippen LogP contribution in [0.1, 0.15) is 17.3 Å². The Bertz CT molecular complexity index is 698. The predicted octanol–water partition coefficient (Wildman–Crippen LogP) is 2.11. The minimum Gasteiger partial charge on any atom is -0.311 e. The highest BCUT2D eigenvalue weighted by atomic mass is 15.3. The summed E-state index contributed by atoms with van der Waals surface area (Å²) < 4.78 is 3.73. The zero-order valence-corrected chi connectivity index (χ0v) is 12.3. The van der Waals surface area contributed by atoms with E-state index in [9.17, 15) is 0 Å².